The van der Waals surface area contributed by atoms with E-state index in [1.54, 1.807) is 27.7 Å². The van der Waals surface area contributed by atoms with Crippen LogP contribution in [0, 0.1) is 0 Å². The number of nitrogens with zero attached hydrogens (tertiary/aromatic N) is 1. The van der Waals surface area contributed by atoms with Crippen LogP contribution in [0.2, 0.25) is 0 Å². The number of aliphatic hydroxyl groups is 1. The zero-order chi connectivity index (χ0) is 14.8. The molecule has 3 N–H and O–H groups in total. The summed E-state index contributed by atoms with van der Waals surface area (Å²) >= 11 is 0. The van der Waals surface area contributed by atoms with Crippen molar-refractivity contribution in [1.82, 2.24) is 15.5 Å². The number of rotatable bonds is 5. The standard InChI is InChI=1S/C12H21N3O4/c1-11(2,5-6-16)13-8(17)7-15-9(18)12(3,4)14-10(15)19/h16H,5-7H2,1-4H3,(H,13,17)(H,14,19). The van der Waals surface area contributed by atoms with Crippen molar-refractivity contribution in [3.8, 4) is 0 Å². The van der Waals surface area contributed by atoms with Gasteiger partial charge in [0.05, 0.1) is 0 Å². The monoisotopic (exact) mass is 271 g/mol. The second-order valence-electron chi connectivity index (χ2n) is 5.85. The molecule has 4 amide bonds. The number of hydrogen-bond acceptors (Lipinski definition) is 4. The van der Waals surface area contributed by atoms with Crippen LogP contribution in [0.15, 0.2) is 0 Å². The fraction of sp³-hybridized carbons (Fsp3) is 0.750. The van der Waals surface area contributed by atoms with Gasteiger partial charge in [-0.25, -0.2) is 4.79 Å². The molecule has 0 spiro atoms. The van der Waals surface area contributed by atoms with E-state index in [2.05, 4.69) is 10.6 Å². The molecule has 7 heteroatoms. The Morgan fingerprint density at radius 3 is 2.42 bits per heavy atom. The lowest BCUT2D eigenvalue weighted by molar-refractivity contribution is -0.134. The Morgan fingerprint density at radius 2 is 2.00 bits per heavy atom. The molecule has 0 aromatic carbocycles. The molecule has 0 radical (unpaired) electrons. The Hall–Kier alpha value is -1.63. The summed E-state index contributed by atoms with van der Waals surface area (Å²) in [4.78, 5) is 36.2. The summed E-state index contributed by atoms with van der Waals surface area (Å²) in [5.74, 6) is -0.854. The average molecular weight is 271 g/mol. The van der Waals surface area contributed by atoms with Crippen LogP contribution < -0.4 is 10.6 Å². The Balaban J connectivity index is 2.63. The van der Waals surface area contributed by atoms with Crippen LogP contribution in [0.3, 0.4) is 0 Å². The number of urea groups is 1. The van der Waals surface area contributed by atoms with Crippen molar-refractivity contribution in [3.63, 3.8) is 0 Å². The van der Waals surface area contributed by atoms with E-state index in [0.29, 0.717) is 6.42 Å². The van der Waals surface area contributed by atoms with Crippen molar-refractivity contribution in [2.24, 2.45) is 0 Å². The Morgan fingerprint density at radius 1 is 1.42 bits per heavy atom. The molecule has 0 atom stereocenters. The maximum absolute atomic E-state index is 11.9. The van der Waals surface area contributed by atoms with Gasteiger partial charge in [-0.1, -0.05) is 0 Å². The number of imide groups is 1. The summed E-state index contributed by atoms with van der Waals surface area (Å²) in [6.45, 7) is 6.32. The van der Waals surface area contributed by atoms with Crippen molar-refractivity contribution < 1.29 is 19.5 Å². The van der Waals surface area contributed by atoms with Crippen LogP contribution in [0.1, 0.15) is 34.1 Å². The number of nitrogens with one attached hydrogen (secondary N) is 2. The van der Waals surface area contributed by atoms with Crippen LogP contribution >= 0.6 is 0 Å². The number of aliphatic hydroxyl groups excluding tert-OH is 1. The van der Waals surface area contributed by atoms with Gasteiger partial charge in [-0.3, -0.25) is 14.5 Å². The van der Waals surface area contributed by atoms with E-state index < -0.39 is 28.9 Å². The molecule has 7 nitrogen and oxygen atoms in total. The highest BCUT2D eigenvalue weighted by Crippen LogP contribution is 2.16. The third kappa shape index (κ3) is 3.66. The van der Waals surface area contributed by atoms with Gasteiger partial charge in [-0.15, -0.1) is 0 Å². The Labute approximate surface area is 112 Å². The van der Waals surface area contributed by atoms with Gasteiger partial charge in [-0.05, 0) is 34.1 Å². The van der Waals surface area contributed by atoms with Crippen molar-refractivity contribution in [2.75, 3.05) is 13.2 Å². The van der Waals surface area contributed by atoms with Gasteiger partial charge in [0, 0.05) is 12.1 Å². The minimum absolute atomic E-state index is 0.0521. The van der Waals surface area contributed by atoms with E-state index in [4.69, 9.17) is 5.11 Å². The molecule has 1 aliphatic rings. The van der Waals surface area contributed by atoms with Crippen LogP contribution in [0.5, 0.6) is 0 Å². The van der Waals surface area contributed by atoms with E-state index >= 15 is 0 Å². The zero-order valence-electron chi connectivity index (χ0n) is 11.7. The van der Waals surface area contributed by atoms with E-state index in [9.17, 15) is 14.4 Å². The van der Waals surface area contributed by atoms with Gasteiger partial charge in [0.1, 0.15) is 12.1 Å². The largest absolute Gasteiger partial charge is 0.396 e. The van der Waals surface area contributed by atoms with Crippen LogP contribution in [0.4, 0.5) is 4.79 Å². The lowest BCUT2D eigenvalue weighted by atomic mass is 10.0. The Kier molecular flexibility index (Phi) is 4.19. The first-order valence-corrected chi connectivity index (χ1v) is 6.15. The molecule has 19 heavy (non-hydrogen) atoms. The van der Waals surface area contributed by atoms with Gasteiger partial charge in [0.15, 0.2) is 0 Å². The minimum atomic E-state index is -0.974. The fourth-order valence-corrected chi connectivity index (χ4v) is 1.86. The highest BCUT2D eigenvalue weighted by molar-refractivity contribution is 6.08. The predicted molar refractivity (Wildman–Crippen MR) is 68.2 cm³/mol. The predicted octanol–water partition coefficient (Wildman–Crippen LogP) is -0.406. The SMILES string of the molecule is CC(C)(CCO)NC(=O)CN1C(=O)NC(C)(C)C1=O. The summed E-state index contributed by atoms with van der Waals surface area (Å²) < 4.78 is 0. The summed E-state index contributed by atoms with van der Waals surface area (Å²) in [6, 6.07) is -0.565. The first kappa shape index (κ1) is 15.4. The average Bonchev–Trinajstić information content (AvgIpc) is 2.39. The highest BCUT2D eigenvalue weighted by atomic mass is 16.3. The number of amides is 4. The fourth-order valence-electron chi connectivity index (χ4n) is 1.86. The zero-order valence-corrected chi connectivity index (χ0v) is 11.7. The van der Waals surface area contributed by atoms with Crippen molar-refractivity contribution >= 4 is 17.8 Å². The van der Waals surface area contributed by atoms with Crippen molar-refractivity contribution in [2.45, 2.75) is 45.2 Å². The maximum atomic E-state index is 11.9. The van der Waals surface area contributed by atoms with E-state index in [-0.39, 0.29) is 13.2 Å². The summed E-state index contributed by atoms with van der Waals surface area (Å²) in [5.41, 5.74) is -1.56. The lowest BCUT2D eigenvalue weighted by Crippen LogP contribution is -2.49. The van der Waals surface area contributed by atoms with Gasteiger partial charge in [0.25, 0.3) is 5.91 Å². The Bertz CT molecular complexity index is 404. The summed E-state index contributed by atoms with van der Waals surface area (Å²) in [6.07, 6.45) is 0.393. The molecule has 1 rings (SSSR count). The van der Waals surface area contributed by atoms with Crippen LogP contribution in [-0.2, 0) is 9.59 Å². The molecular formula is C12H21N3O4. The van der Waals surface area contributed by atoms with Crippen LogP contribution in [-0.4, -0.2) is 52.1 Å². The second-order valence-corrected chi connectivity index (χ2v) is 5.85. The molecule has 1 aliphatic heterocycles. The molecule has 108 valence electrons. The van der Waals surface area contributed by atoms with Gasteiger partial charge in [-0.2, -0.15) is 0 Å². The first-order chi connectivity index (χ1) is 8.59. The second kappa shape index (κ2) is 5.16. The van der Waals surface area contributed by atoms with Gasteiger partial charge < -0.3 is 15.7 Å². The minimum Gasteiger partial charge on any atom is -0.396 e. The summed E-state index contributed by atoms with van der Waals surface area (Å²) in [7, 11) is 0. The highest BCUT2D eigenvalue weighted by Gasteiger charge is 2.45. The number of carbonyl (C=O) groups excluding carboxylic acids is 3. The quantitative estimate of drug-likeness (QED) is 0.592. The third-order valence-electron chi connectivity index (χ3n) is 2.96. The first-order valence-electron chi connectivity index (χ1n) is 6.15. The summed E-state index contributed by atoms with van der Waals surface area (Å²) in [5, 5.41) is 14.1. The number of hydrogen-bond donors (Lipinski definition) is 3. The molecule has 0 bridgehead atoms. The van der Waals surface area contributed by atoms with Gasteiger partial charge >= 0.3 is 6.03 Å². The molecule has 1 heterocycles. The molecular weight excluding hydrogens is 250 g/mol. The third-order valence-corrected chi connectivity index (χ3v) is 2.96. The lowest BCUT2D eigenvalue weighted by Gasteiger charge is -2.26. The molecule has 0 aromatic rings. The molecule has 0 unspecified atom stereocenters. The van der Waals surface area contributed by atoms with Crippen molar-refractivity contribution in [3.05, 3.63) is 0 Å². The van der Waals surface area contributed by atoms with E-state index in [0.717, 1.165) is 4.90 Å². The van der Waals surface area contributed by atoms with E-state index in [1.165, 1.54) is 0 Å². The molecule has 0 aromatic heterocycles. The molecule has 1 fully saturated rings. The van der Waals surface area contributed by atoms with Crippen LogP contribution in [0.25, 0.3) is 0 Å². The normalized spacial score (nSPS) is 18.5. The maximum Gasteiger partial charge on any atom is 0.325 e. The van der Waals surface area contributed by atoms with Gasteiger partial charge in [0.2, 0.25) is 5.91 Å². The smallest absolute Gasteiger partial charge is 0.325 e. The molecule has 0 saturated carbocycles. The van der Waals surface area contributed by atoms with E-state index in [1.807, 2.05) is 0 Å². The number of carbonyl (C=O) groups is 3. The topological polar surface area (TPSA) is 98.7 Å². The molecule has 1 saturated heterocycles. The molecule has 0 aliphatic carbocycles. The van der Waals surface area contributed by atoms with Crippen molar-refractivity contribution in [1.29, 1.82) is 0 Å².